The summed E-state index contributed by atoms with van der Waals surface area (Å²) in [5, 5.41) is 13.6. The molecule has 0 unspecified atom stereocenters. The lowest BCUT2D eigenvalue weighted by molar-refractivity contribution is 0.0450. The van der Waals surface area contributed by atoms with Gasteiger partial charge in [0.25, 0.3) is 0 Å². The number of aliphatic hydroxyl groups is 1. The van der Waals surface area contributed by atoms with Crippen LogP contribution in [0.25, 0.3) is 0 Å². The van der Waals surface area contributed by atoms with Gasteiger partial charge in [-0.25, -0.2) is 0 Å². The van der Waals surface area contributed by atoms with Crippen molar-refractivity contribution >= 4 is 0 Å². The fraction of sp³-hybridized carbons (Fsp3) is 1.00. The van der Waals surface area contributed by atoms with E-state index in [-0.39, 0.29) is 5.60 Å². The minimum atomic E-state index is -0.359. The molecule has 2 rings (SSSR count). The van der Waals surface area contributed by atoms with Crippen molar-refractivity contribution in [3.05, 3.63) is 0 Å². The van der Waals surface area contributed by atoms with Crippen molar-refractivity contribution in [2.75, 3.05) is 6.54 Å². The van der Waals surface area contributed by atoms with E-state index in [0.717, 1.165) is 19.4 Å². The smallest absolute Gasteiger partial charge is 0.0771 e. The maximum Gasteiger partial charge on any atom is 0.0771 e. The summed E-state index contributed by atoms with van der Waals surface area (Å²) in [6.45, 7) is 0.831. The lowest BCUT2D eigenvalue weighted by Crippen LogP contribution is -2.41. The maximum atomic E-state index is 10.1. The zero-order chi connectivity index (χ0) is 9.15. The summed E-state index contributed by atoms with van der Waals surface area (Å²) >= 11 is 0. The molecule has 76 valence electrons. The molecule has 2 saturated carbocycles. The molecule has 0 saturated heterocycles. The Morgan fingerprint density at radius 3 is 2.31 bits per heavy atom. The van der Waals surface area contributed by atoms with Gasteiger partial charge in [-0.3, -0.25) is 0 Å². The molecule has 0 aliphatic heterocycles. The molecule has 0 amide bonds. The van der Waals surface area contributed by atoms with Crippen molar-refractivity contribution < 1.29 is 5.11 Å². The highest BCUT2D eigenvalue weighted by molar-refractivity contribution is 4.88. The fourth-order valence-corrected chi connectivity index (χ4v) is 2.67. The van der Waals surface area contributed by atoms with E-state index in [1.54, 1.807) is 0 Å². The minimum Gasteiger partial charge on any atom is -0.389 e. The van der Waals surface area contributed by atoms with Crippen molar-refractivity contribution in [1.82, 2.24) is 5.32 Å². The number of rotatable bonds is 3. The van der Waals surface area contributed by atoms with Gasteiger partial charge in [0, 0.05) is 12.6 Å². The fourth-order valence-electron chi connectivity index (χ4n) is 2.67. The van der Waals surface area contributed by atoms with Gasteiger partial charge in [0.15, 0.2) is 0 Å². The van der Waals surface area contributed by atoms with Crippen LogP contribution >= 0.6 is 0 Å². The number of nitrogens with one attached hydrogen (secondary N) is 1. The molecule has 0 spiro atoms. The highest BCUT2D eigenvalue weighted by Crippen LogP contribution is 2.29. The SMILES string of the molecule is OC1(CNC2CCCC2)CCCC1. The first-order valence-electron chi connectivity index (χ1n) is 5.74. The Kier molecular flexibility index (Phi) is 2.89. The summed E-state index contributed by atoms with van der Waals surface area (Å²) in [7, 11) is 0. The van der Waals surface area contributed by atoms with Gasteiger partial charge in [0.2, 0.25) is 0 Å². The lowest BCUT2D eigenvalue weighted by Gasteiger charge is -2.24. The molecular formula is C11H21NO. The van der Waals surface area contributed by atoms with Crippen molar-refractivity contribution in [2.24, 2.45) is 0 Å². The van der Waals surface area contributed by atoms with Crippen LogP contribution in [0.4, 0.5) is 0 Å². The number of hydrogen-bond acceptors (Lipinski definition) is 2. The molecule has 2 N–H and O–H groups in total. The second kappa shape index (κ2) is 3.97. The lowest BCUT2D eigenvalue weighted by atomic mass is 10.0. The van der Waals surface area contributed by atoms with Crippen LogP contribution in [0.3, 0.4) is 0 Å². The summed E-state index contributed by atoms with van der Waals surface area (Å²) in [6, 6.07) is 0.699. The Morgan fingerprint density at radius 1 is 1.08 bits per heavy atom. The van der Waals surface area contributed by atoms with E-state index in [1.165, 1.54) is 38.5 Å². The van der Waals surface area contributed by atoms with Gasteiger partial charge >= 0.3 is 0 Å². The minimum absolute atomic E-state index is 0.359. The first-order chi connectivity index (χ1) is 6.29. The summed E-state index contributed by atoms with van der Waals surface area (Å²) in [4.78, 5) is 0. The van der Waals surface area contributed by atoms with Crippen LogP contribution in [0.15, 0.2) is 0 Å². The Bertz CT molecular complexity index is 157. The molecule has 0 aromatic rings. The van der Waals surface area contributed by atoms with Gasteiger partial charge in [0.1, 0.15) is 0 Å². The third-order valence-electron chi connectivity index (χ3n) is 3.61. The molecular weight excluding hydrogens is 162 g/mol. The maximum absolute atomic E-state index is 10.1. The second-order valence-corrected chi connectivity index (χ2v) is 4.79. The monoisotopic (exact) mass is 183 g/mol. The Morgan fingerprint density at radius 2 is 1.69 bits per heavy atom. The van der Waals surface area contributed by atoms with Gasteiger partial charge in [-0.2, -0.15) is 0 Å². The molecule has 2 aliphatic carbocycles. The summed E-state index contributed by atoms with van der Waals surface area (Å²) < 4.78 is 0. The van der Waals surface area contributed by atoms with Gasteiger partial charge in [-0.1, -0.05) is 25.7 Å². The highest BCUT2D eigenvalue weighted by Gasteiger charge is 2.31. The van der Waals surface area contributed by atoms with Gasteiger partial charge < -0.3 is 10.4 Å². The van der Waals surface area contributed by atoms with E-state index < -0.39 is 0 Å². The molecule has 0 atom stereocenters. The summed E-state index contributed by atoms with van der Waals surface area (Å²) in [6.07, 6.45) is 9.81. The summed E-state index contributed by atoms with van der Waals surface area (Å²) in [5.74, 6) is 0. The van der Waals surface area contributed by atoms with Gasteiger partial charge in [-0.15, -0.1) is 0 Å². The molecule has 0 heterocycles. The van der Waals surface area contributed by atoms with E-state index in [2.05, 4.69) is 5.32 Å². The molecule has 0 aromatic carbocycles. The predicted molar refractivity (Wildman–Crippen MR) is 53.7 cm³/mol. The van der Waals surface area contributed by atoms with Crippen LogP contribution in [0, 0.1) is 0 Å². The normalized spacial score (nSPS) is 28.4. The van der Waals surface area contributed by atoms with Crippen molar-refractivity contribution in [1.29, 1.82) is 0 Å². The molecule has 0 radical (unpaired) electrons. The van der Waals surface area contributed by atoms with Crippen LogP contribution in [0.1, 0.15) is 51.4 Å². The third kappa shape index (κ3) is 2.44. The average molecular weight is 183 g/mol. The van der Waals surface area contributed by atoms with Crippen LogP contribution in [-0.2, 0) is 0 Å². The van der Waals surface area contributed by atoms with Gasteiger partial charge in [0.05, 0.1) is 5.60 Å². The number of hydrogen-bond donors (Lipinski definition) is 2. The van der Waals surface area contributed by atoms with Crippen LogP contribution in [0.2, 0.25) is 0 Å². The van der Waals surface area contributed by atoms with E-state index in [4.69, 9.17) is 0 Å². The van der Waals surface area contributed by atoms with Crippen LogP contribution in [-0.4, -0.2) is 23.3 Å². The van der Waals surface area contributed by atoms with Crippen molar-refractivity contribution in [3.8, 4) is 0 Å². The molecule has 2 nitrogen and oxygen atoms in total. The molecule has 2 fully saturated rings. The topological polar surface area (TPSA) is 32.3 Å². The Balaban J connectivity index is 1.71. The van der Waals surface area contributed by atoms with E-state index in [1.807, 2.05) is 0 Å². The molecule has 2 heteroatoms. The second-order valence-electron chi connectivity index (χ2n) is 4.79. The zero-order valence-corrected chi connectivity index (χ0v) is 8.39. The first kappa shape index (κ1) is 9.47. The zero-order valence-electron chi connectivity index (χ0n) is 8.39. The third-order valence-corrected chi connectivity index (χ3v) is 3.61. The largest absolute Gasteiger partial charge is 0.389 e. The molecule has 2 aliphatic rings. The summed E-state index contributed by atoms with van der Waals surface area (Å²) in [5.41, 5.74) is -0.359. The quantitative estimate of drug-likeness (QED) is 0.699. The van der Waals surface area contributed by atoms with Gasteiger partial charge in [-0.05, 0) is 25.7 Å². The van der Waals surface area contributed by atoms with E-state index in [0.29, 0.717) is 6.04 Å². The average Bonchev–Trinajstić information content (AvgIpc) is 2.72. The Labute approximate surface area is 80.7 Å². The molecule has 0 aromatic heterocycles. The standard InChI is InChI=1S/C11H21NO/c13-11(7-3-4-8-11)9-12-10-5-1-2-6-10/h10,12-13H,1-9H2. The van der Waals surface area contributed by atoms with Crippen LogP contribution in [0.5, 0.6) is 0 Å². The molecule has 0 bridgehead atoms. The van der Waals surface area contributed by atoms with E-state index >= 15 is 0 Å². The first-order valence-corrected chi connectivity index (χ1v) is 5.74. The highest BCUT2D eigenvalue weighted by atomic mass is 16.3. The Hall–Kier alpha value is -0.0800. The van der Waals surface area contributed by atoms with Crippen LogP contribution < -0.4 is 5.32 Å². The van der Waals surface area contributed by atoms with Crippen molar-refractivity contribution in [3.63, 3.8) is 0 Å². The predicted octanol–water partition coefficient (Wildman–Crippen LogP) is 1.82. The van der Waals surface area contributed by atoms with Crippen molar-refractivity contribution in [2.45, 2.75) is 63.0 Å². The molecule has 13 heavy (non-hydrogen) atoms. The van der Waals surface area contributed by atoms with E-state index in [9.17, 15) is 5.11 Å².